The zero-order valence-corrected chi connectivity index (χ0v) is 13.7. The standard InChI is InChI=1S/C15H28O3Si/c1-5-16-19(17-6-2,18-7-3)13-15-12-10-8-9-11-14(15)4/h13H,4-12H2,1-3H3/b15-13-. The third-order valence-electron chi connectivity index (χ3n) is 3.27. The molecule has 0 saturated heterocycles. The molecule has 110 valence electrons. The molecule has 0 radical (unpaired) electrons. The Kier molecular flexibility index (Phi) is 7.61. The molecule has 19 heavy (non-hydrogen) atoms. The van der Waals surface area contributed by atoms with E-state index in [0.717, 1.165) is 12.8 Å². The molecule has 1 saturated carbocycles. The van der Waals surface area contributed by atoms with Crippen LogP contribution in [0.15, 0.2) is 23.4 Å². The second-order valence-electron chi connectivity index (χ2n) is 4.74. The molecule has 0 aromatic rings. The Morgan fingerprint density at radius 2 is 1.47 bits per heavy atom. The summed E-state index contributed by atoms with van der Waals surface area (Å²) in [5.41, 5.74) is 4.66. The molecule has 1 aliphatic carbocycles. The van der Waals surface area contributed by atoms with Gasteiger partial charge < -0.3 is 13.3 Å². The predicted octanol–water partition coefficient (Wildman–Crippen LogP) is 4.02. The Hall–Kier alpha value is -0.423. The average molecular weight is 284 g/mol. The first-order chi connectivity index (χ1) is 9.17. The first-order valence-corrected chi connectivity index (χ1v) is 9.29. The van der Waals surface area contributed by atoms with E-state index in [1.807, 2.05) is 20.8 Å². The lowest BCUT2D eigenvalue weighted by molar-refractivity contribution is 0.0840. The van der Waals surface area contributed by atoms with Gasteiger partial charge in [0.05, 0.1) is 0 Å². The van der Waals surface area contributed by atoms with Crippen molar-refractivity contribution in [3.05, 3.63) is 23.4 Å². The summed E-state index contributed by atoms with van der Waals surface area (Å²) in [7, 11) is -2.67. The molecule has 0 spiro atoms. The summed E-state index contributed by atoms with van der Waals surface area (Å²) in [5.74, 6) is 0. The molecule has 0 aromatic heterocycles. The highest BCUT2D eigenvalue weighted by Crippen LogP contribution is 2.28. The van der Waals surface area contributed by atoms with Crippen molar-refractivity contribution in [2.75, 3.05) is 19.8 Å². The fourth-order valence-electron chi connectivity index (χ4n) is 2.41. The van der Waals surface area contributed by atoms with Crippen LogP contribution in [0.3, 0.4) is 0 Å². The van der Waals surface area contributed by atoms with E-state index in [2.05, 4.69) is 12.3 Å². The fourth-order valence-corrected chi connectivity index (χ4v) is 4.89. The number of hydrogen-bond donors (Lipinski definition) is 0. The molecule has 0 atom stereocenters. The summed E-state index contributed by atoms with van der Waals surface area (Å²) in [6, 6.07) is 0. The summed E-state index contributed by atoms with van der Waals surface area (Å²) in [6.45, 7) is 12.0. The second kappa shape index (κ2) is 8.69. The molecule has 1 aliphatic rings. The van der Waals surface area contributed by atoms with Crippen molar-refractivity contribution in [2.45, 2.75) is 52.9 Å². The minimum absolute atomic E-state index is 0.614. The molecule has 0 N–H and O–H groups in total. The van der Waals surface area contributed by atoms with Crippen LogP contribution in [-0.4, -0.2) is 28.6 Å². The van der Waals surface area contributed by atoms with Crippen LogP contribution in [0.1, 0.15) is 52.9 Å². The third kappa shape index (κ3) is 5.22. The monoisotopic (exact) mass is 284 g/mol. The van der Waals surface area contributed by atoms with Gasteiger partial charge in [-0.15, -0.1) is 0 Å². The quantitative estimate of drug-likeness (QED) is 0.522. The predicted molar refractivity (Wildman–Crippen MR) is 80.9 cm³/mol. The van der Waals surface area contributed by atoms with E-state index in [9.17, 15) is 0 Å². The van der Waals surface area contributed by atoms with Crippen molar-refractivity contribution in [3.63, 3.8) is 0 Å². The lowest BCUT2D eigenvalue weighted by Gasteiger charge is -2.26. The van der Waals surface area contributed by atoms with Crippen LogP contribution in [-0.2, 0) is 13.3 Å². The maximum absolute atomic E-state index is 5.88. The SMILES string of the molecule is C=C1CCCCC/C1=C/[Si](OCC)(OCC)OCC. The van der Waals surface area contributed by atoms with E-state index in [1.54, 1.807) is 0 Å². The molecule has 0 heterocycles. The lowest BCUT2D eigenvalue weighted by atomic mass is 10.1. The van der Waals surface area contributed by atoms with Gasteiger partial charge in [-0.25, -0.2) is 0 Å². The first-order valence-electron chi connectivity index (χ1n) is 7.49. The van der Waals surface area contributed by atoms with Crippen LogP contribution in [0, 0.1) is 0 Å². The van der Waals surface area contributed by atoms with E-state index in [0.29, 0.717) is 19.8 Å². The van der Waals surface area contributed by atoms with Gasteiger partial charge in [0.25, 0.3) is 0 Å². The third-order valence-corrected chi connectivity index (χ3v) is 6.04. The normalized spacial score (nSPS) is 19.7. The summed E-state index contributed by atoms with van der Waals surface area (Å²) in [4.78, 5) is 0. The van der Waals surface area contributed by atoms with E-state index in [-0.39, 0.29) is 0 Å². The maximum atomic E-state index is 5.88. The van der Waals surface area contributed by atoms with Crippen LogP contribution in [0.2, 0.25) is 0 Å². The van der Waals surface area contributed by atoms with Crippen LogP contribution in [0.4, 0.5) is 0 Å². The van der Waals surface area contributed by atoms with E-state index in [1.165, 1.54) is 30.4 Å². The Morgan fingerprint density at radius 1 is 0.947 bits per heavy atom. The zero-order chi connectivity index (χ0) is 14.1. The van der Waals surface area contributed by atoms with Gasteiger partial charge in [0.1, 0.15) is 0 Å². The second-order valence-corrected chi connectivity index (χ2v) is 7.10. The summed E-state index contributed by atoms with van der Waals surface area (Å²) < 4.78 is 17.6. The summed E-state index contributed by atoms with van der Waals surface area (Å²) in [5, 5.41) is 0. The zero-order valence-electron chi connectivity index (χ0n) is 12.7. The van der Waals surface area contributed by atoms with Crippen molar-refractivity contribution in [3.8, 4) is 0 Å². The van der Waals surface area contributed by atoms with Crippen molar-refractivity contribution < 1.29 is 13.3 Å². The van der Waals surface area contributed by atoms with Gasteiger partial charge in [-0.3, -0.25) is 0 Å². The number of allylic oxidation sites excluding steroid dienone is 2. The van der Waals surface area contributed by atoms with Crippen molar-refractivity contribution in [1.82, 2.24) is 0 Å². The first kappa shape index (κ1) is 16.6. The molecule has 3 nitrogen and oxygen atoms in total. The Labute approximate surface area is 119 Å². The van der Waals surface area contributed by atoms with Gasteiger partial charge in [-0.05, 0) is 57.7 Å². The van der Waals surface area contributed by atoms with Crippen LogP contribution in [0.25, 0.3) is 0 Å². The summed E-state index contributed by atoms with van der Waals surface area (Å²) in [6.07, 6.45) is 5.90. The highest BCUT2D eigenvalue weighted by molar-refractivity contribution is 6.66. The number of rotatable bonds is 7. The van der Waals surface area contributed by atoms with Crippen molar-refractivity contribution in [1.29, 1.82) is 0 Å². The molecular formula is C15H28O3Si. The van der Waals surface area contributed by atoms with Crippen molar-refractivity contribution in [2.24, 2.45) is 0 Å². The minimum atomic E-state index is -2.67. The maximum Gasteiger partial charge on any atom is 0.529 e. The molecule has 1 rings (SSSR count). The molecule has 0 bridgehead atoms. The van der Waals surface area contributed by atoms with Gasteiger partial charge in [0.15, 0.2) is 0 Å². The van der Waals surface area contributed by atoms with E-state index in [4.69, 9.17) is 13.3 Å². The molecule has 0 unspecified atom stereocenters. The van der Waals surface area contributed by atoms with Gasteiger partial charge in [0.2, 0.25) is 0 Å². The Morgan fingerprint density at radius 3 is 2.00 bits per heavy atom. The Bertz CT molecular complexity index is 295. The molecule has 1 fully saturated rings. The smallest absolute Gasteiger partial charge is 0.371 e. The van der Waals surface area contributed by atoms with Crippen LogP contribution in [0.5, 0.6) is 0 Å². The molecule has 0 amide bonds. The highest BCUT2D eigenvalue weighted by atomic mass is 28.4. The van der Waals surface area contributed by atoms with Gasteiger partial charge in [-0.1, -0.05) is 18.6 Å². The molecule has 0 aliphatic heterocycles. The molecular weight excluding hydrogens is 256 g/mol. The molecule has 0 aromatic carbocycles. The van der Waals surface area contributed by atoms with E-state index < -0.39 is 8.80 Å². The topological polar surface area (TPSA) is 27.7 Å². The van der Waals surface area contributed by atoms with Crippen LogP contribution >= 0.6 is 0 Å². The van der Waals surface area contributed by atoms with Gasteiger partial charge in [0, 0.05) is 19.8 Å². The van der Waals surface area contributed by atoms with E-state index >= 15 is 0 Å². The highest BCUT2D eigenvalue weighted by Gasteiger charge is 2.38. The average Bonchev–Trinajstić information content (AvgIpc) is 2.56. The van der Waals surface area contributed by atoms with Gasteiger partial charge in [-0.2, -0.15) is 0 Å². The fraction of sp³-hybridized carbons (Fsp3) is 0.733. The van der Waals surface area contributed by atoms with Crippen LogP contribution < -0.4 is 0 Å². The lowest BCUT2D eigenvalue weighted by Crippen LogP contribution is -2.45. The number of hydrogen-bond acceptors (Lipinski definition) is 3. The van der Waals surface area contributed by atoms with Crippen molar-refractivity contribution >= 4 is 8.80 Å². The Balaban J connectivity index is 2.96. The molecule has 4 heteroatoms. The largest absolute Gasteiger partial charge is 0.529 e. The van der Waals surface area contributed by atoms with Gasteiger partial charge >= 0.3 is 8.80 Å². The summed E-state index contributed by atoms with van der Waals surface area (Å²) >= 11 is 0. The minimum Gasteiger partial charge on any atom is -0.371 e.